The Morgan fingerprint density at radius 1 is 1.12 bits per heavy atom. The second kappa shape index (κ2) is 8.48. The van der Waals surface area contributed by atoms with Gasteiger partial charge in [0.2, 0.25) is 0 Å². The average Bonchev–Trinajstić information content (AvgIpc) is 2.45. The van der Waals surface area contributed by atoms with Crippen molar-refractivity contribution in [2.24, 2.45) is 5.41 Å². The number of carboxylic acids is 2. The molecule has 1 aliphatic carbocycles. The van der Waals surface area contributed by atoms with Gasteiger partial charge in [-0.3, -0.25) is 4.79 Å². The van der Waals surface area contributed by atoms with E-state index in [-0.39, 0.29) is 0 Å². The third-order valence-electron chi connectivity index (χ3n) is 4.34. The highest BCUT2D eigenvalue weighted by Gasteiger charge is 2.38. The molecule has 0 heterocycles. The first-order chi connectivity index (χ1) is 11.2. The summed E-state index contributed by atoms with van der Waals surface area (Å²) in [7, 11) is 0. The van der Waals surface area contributed by atoms with Crippen LogP contribution in [0, 0.1) is 5.41 Å². The zero-order chi connectivity index (χ0) is 18.3. The molecule has 0 aromatic heterocycles. The zero-order valence-corrected chi connectivity index (χ0v) is 14.8. The predicted octanol–water partition coefficient (Wildman–Crippen LogP) is 4.67. The minimum Gasteiger partial charge on any atom is -0.481 e. The van der Waals surface area contributed by atoms with E-state index >= 15 is 0 Å². The SMILES string of the molecule is CC1=C(/C=C/C(C)=C/C=C/C(C)=C/C(=O)O)[C@@](C)(C(=O)O)CCC1. The van der Waals surface area contributed by atoms with Crippen LogP contribution in [0.3, 0.4) is 0 Å². The second-order valence-electron chi connectivity index (χ2n) is 6.51. The van der Waals surface area contributed by atoms with Crippen LogP contribution in [-0.2, 0) is 9.59 Å². The lowest BCUT2D eigenvalue weighted by molar-refractivity contribution is -0.146. The topological polar surface area (TPSA) is 74.6 Å². The van der Waals surface area contributed by atoms with Gasteiger partial charge in [-0.1, -0.05) is 41.5 Å². The predicted molar refractivity (Wildman–Crippen MR) is 95.7 cm³/mol. The molecule has 4 heteroatoms. The first-order valence-corrected chi connectivity index (χ1v) is 8.04. The summed E-state index contributed by atoms with van der Waals surface area (Å²) < 4.78 is 0. The Balaban J connectivity index is 2.94. The van der Waals surface area contributed by atoms with Gasteiger partial charge in [0.05, 0.1) is 5.41 Å². The molecule has 0 aliphatic heterocycles. The van der Waals surface area contributed by atoms with E-state index in [4.69, 9.17) is 5.11 Å². The summed E-state index contributed by atoms with van der Waals surface area (Å²) in [6.07, 6.45) is 12.8. The van der Waals surface area contributed by atoms with Gasteiger partial charge in [-0.05, 0) is 58.1 Å². The fourth-order valence-corrected chi connectivity index (χ4v) is 2.86. The van der Waals surface area contributed by atoms with Gasteiger partial charge in [-0.25, -0.2) is 4.79 Å². The maximum atomic E-state index is 11.7. The number of carboxylic acid groups (broad SMARTS) is 2. The average molecular weight is 330 g/mol. The number of hydrogen-bond acceptors (Lipinski definition) is 2. The Bertz CT molecular complexity index is 659. The highest BCUT2D eigenvalue weighted by atomic mass is 16.4. The highest BCUT2D eigenvalue weighted by Crippen LogP contribution is 2.41. The monoisotopic (exact) mass is 330 g/mol. The van der Waals surface area contributed by atoms with E-state index < -0.39 is 17.4 Å². The molecule has 0 aromatic rings. The summed E-state index contributed by atoms with van der Waals surface area (Å²) in [5, 5.41) is 18.2. The van der Waals surface area contributed by atoms with Crippen molar-refractivity contribution in [3.8, 4) is 0 Å². The second-order valence-corrected chi connectivity index (χ2v) is 6.51. The van der Waals surface area contributed by atoms with Crippen molar-refractivity contribution in [2.45, 2.75) is 47.0 Å². The Labute approximate surface area is 143 Å². The number of allylic oxidation sites excluding steroid dienone is 8. The lowest BCUT2D eigenvalue weighted by Gasteiger charge is -2.32. The first kappa shape index (κ1) is 19.7. The minimum absolute atomic E-state index is 0.653. The van der Waals surface area contributed by atoms with Crippen LogP contribution in [0.4, 0.5) is 0 Å². The molecule has 0 bridgehead atoms. The largest absolute Gasteiger partial charge is 0.481 e. The maximum Gasteiger partial charge on any atom is 0.328 e. The number of rotatable bonds is 6. The fraction of sp³-hybridized carbons (Fsp3) is 0.400. The Morgan fingerprint density at radius 3 is 2.38 bits per heavy atom. The Morgan fingerprint density at radius 2 is 1.79 bits per heavy atom. The van der Waals surface area contributed by atoms with Crippen LogP contribution >= 0.6 is 0 Å². The van der Waals surface area contributed by atoms with Gasteiger partial charge < -0.3 is 10.2 Å². The molecule has 4 nitrogen and oxygen atoms in total. The van der Waals surface area contributed by atoms with E-state index in [9.17, 15) is 14.7 Å². The van der Waals surface area contributed by atoms with E-state index in [2.05, 4.69) is 0 Å². The fourth-order valence-electron chi connectivity index (χ4n) is 2.86. The summed E-state index contributed by atoms with van der Waals surface area (Å²) in [5.74, 6) is -1.75. The van der Waals surface area contributed by atoms with Crippen molar-refractivity contribution in [1.82, 2.24) is 0 Å². The molecule has 0 saturated carbocycles. The van der Waals surface area contributed by atoms with Crippen LogP contribution in [0.2, 0.25) is 0 Å². The van der Waals surface area contributed by atoms with Gasteiger partial charge in [-0.15, -0.1) is 0 Å². The lowest BCUT2D eigenvalue weighted by Crippen LogP contribution is -2.32. The summed E-state index contributed by atoms with van der Waals surface area (Å²) in [6, 6.07) is 0. The van der Waals surface area contributed by atoms with Crippen molar-refractivity contribution in [1.29, 1.82) is 0 Å². The van der Waals surface area contributed by atoms with E-state index in [0.29, 0.717) is 12.0 Å². The van der Waals surface area contributed by atoms with Crippen molar-refractivity contribution in [2.75, 3.05) is 0 Å². The molecule has 0 saturated heterocycles. The van der Waals surface area contributed by atoms with Gasteiger partial charge >= 0.3 is 11.9 Å². The van der Waals surface area contributed by atoms with Gasteiger partial charge in [0.15, 0.2) is 0 Å². The van der Waals surface area contributed by atoms with Gasteiger partial charge in [0, 0.05) is 6.08 Å². The molecule has 24 heavy (non-hydrogen) atoms. The summed E-state index contributed by atoms with van der Waals surface area (Å²) >= 11 is 0. The smallest absolute Gasteiger partial charge is 0.328 e. The first-order valence-electron chi connectivity index (χ1n) is 8.04. The molecule has 2 N–H and O–H groups in total. The van der Waals surface area contributed by atoms with E-state index in [1.807, 2.05) is 32.1 Å². The molecule has 130 valence electrons. The van der Waals surface area contributed by atoms with Gasteiger partial charge in [0.25, 0.3) is 0 Å². The molecule has 0 spiro atoms. The van der Waals surface area contributed by atoms with Crippen LogP contribution < -0.4 is 0 Å². The molecule has 1 atom stereocenters. The summed E-state index contributed by atoms with van der Waals surface area (Å²) in [5.41, 5.74) is 2.81. The number of aliphatic carboxylic acids is 2. The van der Waals surface area contributed by atoms with Gasteiger partial charge in [0.1, 0.15) is 0 Å². The van der Waals surface area contributed by atoms with Crippen molar-refractivity contribution >= 4 is 11.9 Å². The Hall–Kier alpha value is -2.36. The van der Waals surface area contributed by atoms with Crippen molar-refractivity contribution in [3.63, 3.8) is 0 Å². The summed E-state index contributed by atoms with van der Waals surface area (Å²) in [6.45, 7) is 7.43. The van der Waals surface area contributed by atoms with Crippen LogP contribution in [0.5, 0.6) is 0 Å². The number of hydrogen-bond donors (Lipinski definition) is 2. The van der Waals surface area contributed by atoms with Crippen LogP contribution in [0.25, 0.3) is 0 Å². The Kier molecular flexibility index (Phi) is 6.96. The third-order valence-corrected chi connectivity index (χ3v) is 4.34. The van der Waals surface area contributed by atoms with Gasteiger partial charge in [-0.2, -0.15) is 0 Å². The van der Waals surface area contributed by atoms with Crippen LogP contribution in [0.15, 0.2) is 58.7 Å². The maximum absolute atomic E-state index is 11.7. The minimum atomic E-state index is -0.967. The van der Waals surface area contributed by atoms with Crippen LogP contribution in [0.1, 0.15) is 47.0 Å². The normalized spacial score (nSPS) is 23.3. The molecular weight excluding hydrogens is 304 g/mol. The van der Waals surface area contributed by atoms with Crippen molar-refractivity contribution < 1.29 is 19.8 Å². The summed E-state index contributed by atoms with van der Waals surface area (Å²) in [4.78, 5) is 22.2. The van der Waals surface area contributed by atoms with E-state index in [0.717, 1.165) is 35.6 Å². The molecule has 0 amide bonds. The van der Waals surface area contributed by atoms with Crippen LogP contribution in [-0.4, -0.2) is 22.2 Å². The number of carbonyl (C=O) groups is 2. The molecule has 0 unspecified atom stereocenters. The molecule has 1 rings (SSSR count). The third kappa shape index (κ3) is 5.37. The molecule has 1 aliphatic rings. The highest BCUT2D eigenvalue weighted by molar-refractivity contribution is 5.81. The zero-order valence-electron chi connectivity index (χ0n) is 14.8. The lowest BCUT2D eigenvalue weighted by atomic mass is 9.71. The molecule has 0 aromatic carbocycles. The molecular formula is C20H26O4. The standard InChI is InChI=1S/C20H26O4/c1-14(7-5-8-15(2)13-18(21)22)10-11-17-16(3)9-6-12-20(17,4)19(23)24/h5,7-8,10-11,13H,6,9,12H2,1-4H3,(H,21,22)(H,23,24)/b8-5+,11-10+,14-7+,15-13+/t20-/m0/s1. The quantitative estimate of drug-likeness (QED) is 0.548. The molecule has 0 fully saturated rings. The van der Waals surface area contributed by atoms with E-state index in [1.165, 1.54) is 0 Å². The molecule has 0 radical (unpaired) electrons. The van der Waals surface area contributed by atoms with E-state index in [1.54, 1.807) is 26.0 Å². The van der Waals surface area contributed by atoms with Crippen molar-refractivity contribution in [3.05, 3.63) is 58.7 Å².